The van der Waals surface area contributed by atoms with E-state index in [2.05, 4.69) is 30.5 Å². The lowest BCUT2D eigenvalue weighted by Crippen LogP contribution is -2.44. The van der Waals surface area contributed by atoms with Gasteiger partial charge in [0.1, 0.15) is 5.82 Å². The number of carbonyl (C=O) groups excluding carboxylic acids is 1. The van der Waals surface area contributed by atoms with Gasteiger partial charge in [-0.2, -0.15) is 0 Å². The molecule has 29 heavy (non-hydrogen) atoms. The lowest BCUT2D eigenvalue weighted by Gasteiger charge is -2.37. The summed E-state index contributed by atoms with van der Waals surface area (Å²) in [5.41, 5.74) is 2.16. The molecule has 2 aliphatic rings. The van der Waals surface area contributed by atoms with Crippen LogP contribution >= 0.6 is 0 Å². The number of carbonyl (C=O) groups is 2. The van der Waals surface area contributed by atoms with E-state index in [1.165, 1.54) is 0 Å². The summed E-state index contributed by atoms with van der Waals surface area (Å²) < 4.78 is 2.31. The molecule has 2 aromatic rings. The van der Waals surface area contributed by atoms with Crippen LogP contribution in [0, 0.1) is 11.8 Å². The van der Waals surface area contributed by atoms with Crippen LogP contribution in [-0.4, -0.2) is 44.5 Å². The summed E-state index contributed by atoms with van der Waals surface area (Å²) in [6.07, 6.45) is 4.82. The number of aliphatic carboxylic acids is 1. The van der Waals surface area contributed by atoms with Gasteiger partial charge in [0.05, 0.1) is 17.0 Å². The first kappa shape index (κ1) is 19.9. The van der Waals surface area contributed by atoms with E-state index in [4.69, 9.17) is 4.98 Å². The summed E-state index contributed by atoms with van der Waals surface area (Å²) in [7, 11) is 0. The summed E-state index contributed by atoms with van der Waals surface area (Å²) in [4.78, 5) is 31.5. The van der Waals surface area contributed by atoms with E-state index in [-0.39, 0.29) is 23.7 Å². The molecule has 3 unspecified atom stereocenters. The summed E-state index contributed by atoms with van der Waals surface area (Å²) in [6, 6.07) is 8.54. The Morgan fingerprint density at radius 3 is 2.62 bits per heavy atom. The average molecular weight is 398 g/mol. The number of imidazole rings is 1. The van der Waals surface area contributed by atoms with Crippen molar-refractivity contribution in [2.75, 3.05) is 13.1 Å². The van der Waals surface area contributed by atoms with Gasteiger partial charge in [-0.25, -0.2) is 4.98 Å². The van der Waals surface area contributed by atoms with Gasteiger partial charge in [0.25, 0.3) is 0 Å². The zero-order chi connectivity index (χ0) is 20.5. The molecule has 3 atom stereocenters. The molecule has 1 N–H and O–H groups in total. The van der Waals surface area contributed by atoms with Crippen LogP contribution in [0.5, 0.6) is 0 Å². The lowest BCUT2D eigenvalue weighted by atomic mass is 9.80. The number of amides is 1. The molecule has 0 spiro atoms. The van der Waals surface area contributed by atoms with Gasteiger partial charge in [-0.05, 0) is 58.1 Å². The number of para-hydroxylation sites is 2. The zero-order valence-electron chi connectivity index (χ0n) is 17.4. The van der Waals surface area contributed by atoms with Crippen LogP contribution < -0.4 is 0 Å². The summed E-state index contributed by atoms with van der Waals surface area (Å²) in [6.45, 7) is 5.81. The number of carboxylic acids is 1. The zero-order valence-corrected chi connectivity index (χ0v) is 17.4. The molecule has 1 aliphatic carbocycles. The standard InChI is InChI=1S/C23H31N3O3/c1-15(2)26-20-11-4-3-10-19(20)24-21(26)18-9-6-12-25(14-18)22(27)16-7-5-8-17(13-16)23(28)29/h3-4,10-11,15-18H,5-9,12-14H2,1-2H3,(H,28,29). The number of benzene rings is 1. The molecule has 0 bridgehead atoms. The van der Waals surface area contributed by atoms with Gasteiger partial charge in [-0.15, -0.1) is 0 Å². The van der Waals surface area contributed by atoms with E-state index in [9.17, 15) is 14.7 Å². The molecule has 1 aromatic heterocycles. The summed E-state index contributed by atoms with van der Waals surface area (Å²) >= 11 is 0. The van der Waals surface area contributed by atoms with Crippen molar-refractivity contribution in [3.8, 4) is 0 Å². The Morgan fingerprint density at radius 2 is 1.86 bits per heavy atom. The number of carboxylic acid groups (broad SMARTS) is 1. The fraction of sp³-hybridized carbons (Fsp3) is 0.609. The molecule has 0 radical (unpaired) electrons. The first-order valence-corrected chi connectivity index (χ1v) is 10.9. The summed E-state index contributed by atoms with van der Waals surface area (Å²) in [5.74, 6) is 0.167. The van der Waals surface area contributed by atoms with Crippen molar-refractivity contribution in [3.05, 3.63) is 30.1 Å². The molecule has 156 valence electrons. The van der Waals surface area contributed by atoms with Crippen molar-refractivity contribution in [1.29, 1.82) is 0 Å². The van der Waals surface area contributed by atoms with Crippen LogP contribution in [0.25, 0.3) is 11.0 Å². The van der Waals surface area contributed by atoms with E-state index in [1.807, 2.05) is 17.0 Å². The highest BCUT2D eigenvalue weighted by molar-refractivity contribution is 5.80. The van der Waals surface area contributed by atoms with E-state index >= 15 is 0 Å². The Morgan fingerprint density at radius 1 is 1.10 bits per heavy atom. The number of aromatic nitrogens is 2. The fourth-order valence-corrected chi connectivity index (χ4v) is 5.18. The van der Waals surface area contributed by atoms with Crippen molar-refractivity contribution in [1.82, 2.24) is 14.5 Å². The Labute approximate surface area is 171 Å². The molecular formula is C23H31N3O3. The highest BCUT2D eigenvalue weighted by Gasteiger charge is 2.36. The maximum Gasteiger partial charge on any atom is 0.306 e. The Kier molecular flexibility index (Phi) is 5.61. The molecular weight excluding hydrogens is 366 g/mol. The number of hydrogen-bond donors (Lipinski definition) is 1. The molecule has 2 fully saturated rings. The first-order chi connectivity index (χ1) is 14.0. The molecule has 1 aromatic carbocycles. The van der Waals surface area contributed by atoms with Gasteiger partial charge >= 0.3 is 5.97 Å². The molecule has 1 saturated heterocycles. The quantitative estimate of drug-likeness (QED) is 0.838. The van der Waals surface area contributed by atoms with Crippen molar-refractivity contribution in [2.45, 2.75) is 64.3 Å². The SMILES string of the molecule is CC(C)n1c(C2CCCN(C(=O)C3CCCC(C(=O)O)C3)C2)nc2ccccc21. The van der Waals surface area contributed by atoms with E-state index < -0.39 is 5.97 Å². The van der Waals surface area contributed by atoms with E-state index in [0.717, 1.165) is 49.1 Å². The van der Waals surface area contributed by atoms with Gasteiger partial charge in [-0.1, -0.05) is 18.6 Å². The van der Waals surface area contributed by atoms with Crippen LogP contribution in [0.3, 0.4) is 0 Å². The number of rotatable bonds is 4. The van der Waals surface area contributed by atoms with Gasteiger partial charge in [0.2, 0.25) is 5.91 Å². The van der Waals surface area contributed by atoms with Crippen molar-refractivity contribution < 1.29 is 14.7 Å². The molecule has 1 saturated carbocycles. The second kappa shape index (κ2) is 8.17. The summed E-state index contributed by atoms with van der Waals surface area (Å²) in [5, 5.41) is 9.35. The van der Waals surface area contributed by atoms with Gasteiger partial charge in [0.15, 0.2) is 0 Å². The number of nitrogens with zero attached hydrogens (tertiary/aromatic N) is 3. The van der Waals surface area contributed by atoms with Crippen molar-refractivity contribution in [2.24, 2.45) is 11.8 Å². The van der Waals surface area contributed by atoms with Gasteiger partial charge < -0.3 is 14.6 Å². The number of hydrogen-bond acceptors (Lipinski definition) is 3. The maximum atomic E-state index is 13.2. The molecule has 1 amide bonds. The molecule has 2 heterocycles. The minimum absolute atomic E-state index is 0.146. The Hall–Kier alpha value is -2.37. The van der Waals surface area contributed by atoms with Crippen LogP contribution in [0.2, 0.25) is 0 Å². The van der Waals surface area contributed by atoms with Crippen LogP contribution in [0.4, 0.5) is 0 Å². The third kappa shape index (κ3) is 3.89. The predicted octanol–water partition coefficient (Wildman–Crippen LogP) is 4.21. The Balaban J connectivity index is 1.54. The van der Waals surface area contributed by atoms with Crippen molar-refractivity contribution >= 4 is 22.9 Å². The van der Waals surface area contributed by atoms with Crippen LogP contribution in [0.1, 0.15) is 70.2 Å². The van der Waals surface area contributed by atoms with Crippen LogP contribution in [-0.2, 0) is 9.59 Å². The topological polar surface area (TPSA) is 75.4 Å². The maximum absolute atomic E-state index is 13.2. The smallest absolute Gasteiger partial charge is 0.306 e. The highest BCUT2D eigenvalue weighted by Crippen LogP contribution is 2.35. The monoisotopic (exact) mass is 397 g/mol. The average Bonchev–Trinajstić information content (AvgIpc) is 3.13. The number of likely N-dealkylation sites (tertiary alicyclic amines) is 1. The number of piperidine rings is 1. The molecule has 1 aliphatic heterocycles. The Bertz CT molecular complexity index is 904. The van der Waals surface area contributed by atoms with E-state index in [1.54, 1.807) is 0 Å². The number of fused-ring (bicyclic) bond motifs is 1. The fourth-order valence-electron chi connectivity index (χ4n) is 5.18. The van der Waals surface area contributed by atoms with Gasteiger partial charge in [-0.3, -0.25) is 9.59 Å². The largest absolute Gasteiger partial charge is 0.481 e. The molecule has 6 nitrogen and oxygen atoms in total. The van der Waals surface area contributed by atoms with Crippen LogP contribution in [0.15, 0.2) is 24.3 Å². The molecule has 6 heteroatoms. The van der Waals surface area contributed by atoms with Gasteiger partial charge in [0, 0.05) is 31.0 Å². The first-order valence-electron chi connectivity index (χ1n) is 10.9. The second-order valence-corrected chi connectivity index (χ2v) is 8.94. The van der Waals surface area contributed by atoms with Crippen molar-refractivity contribution in [3.63, 3.8) is 0 Å². The molecule has 4 rings (SSSR count). The minimum Gasteiger partial charge on any atom is -0.481 e. The normalized spacial score (nSPS) is 25.5. The second-order valence-electron chi connectivity index (χ2n) is 8.94. The van der Waals surface area contributed by atoms with E-state index in [0.29, 0.717) is 25.4 Å². The third-order valence-electron chi connectivity index (χ3n) is 6.61. The minimum atomic E-state index is -0.760. The predicted molar refractivity (Wildman–Crippen MR) is 112 cm³/mol. The third-order valence-corrected chi connectivity index (χ3v) is 6.61. The lowest BCUT2D eigenvalue weighted by molar-refractivity contribution is -0.145. The highest BCUT2D eigenvalue weighted by atomic mass is 16.4.